The van der Waals surface area contributed by atoms with Crippen molar-refractivity contribution in [3.05, 3.63) is 59.8 Å². The molecule has 39 heavy (non-hydrogen) atoms. The van der Waals surface area contributed by atoms with Gasteiger partial charge in [0, 0.05) is 36.0 Å². The quantitative estimate of drug-likeness (QED) is 0.371. The van der Waals surface area contributed by atoms with Crippen molar-refractivity contribution in [2.45, 2.75) is 25.4 Å². The van der Waals surface area contributed by atoms with E-state index in [1.807, 2.05) is 0 Å². The number of imide groups is 1. The van der Waals surface area contributed by atoms with E-state index in [9.17, 15) is 19.2 Å². The van der Waals surface area contributed by atoms with E-state index in [1.54, 1.807) is 62.9 Å². The van der Waals surface area contributed by atoms with Gasteiger partial charge in [0.25, 0.3) is 5.91 Å². The fourth-order valence-electron chi connectivity index (χ4n) is 4.64. The molecule has 3 heterocycles. The second-order valence-corrected chi connectivity index (χ2v) is 8.97. The lowest BCUT2D eigenvalue weighted by Gasteiger charge is -2.29. The summed E-state index contributed by atoms with van der Waals surface area (Å²) >= 11 is 0. The first-order valence-electron chi connectivity index (χ1n) is 12.2. The summed E-state index contributed by atoms with van der Waals surface area (Å²) in [5.74, 6) is 0.519. The third-order valence-electron chi connectivity index (χ3n) is 6.59. The van der Waals surface area contributed by atoms with Gasteiger partial charge in [0.05, 0.1) is 26.3 Å². The number of benzene rings is 2. The Kier molecular flexibility index (Phi) is 7.08. The molecule has 0 saturated carbocycles. The highest BCUT2D eigenvalue weighted by molar-refractivity contribution is 6.07. The van der Waals surface area contributed by atoms with Crippen LogP contribution in [0.25, 0.3) is 11.4 Å². The Hall–Kier alpha value is -5.00. The van der Waals surface area contributed by atoms with Crippen LogP contribution in [0.4, 0.5) is 11.5 Å². The Morgan fingerprint density at radius 1 is 1.10 bits per heavy atom. The summed E-state index contributed by atoms with van der Waals surface area (Å²) < 4.78 is 10.7. The summed E-state index contributed by atoms with van der Waals surface area (Å²) in [5, 5.41) is 8.12. The monoisotopic (exact) mass is 530 g/mol. The summed E-state index contributed by atoms with van der Waals surface area (Å²) in [6.45, 7) is 0.0577. The molecule has 3 N–H and O–H groups in total. The molecule has 200 valence electrons. The van der Waals surface area contributed by atoms with Crippen molar-refractivity contribution < 1.29 is 28.7 Å². The van der Waals surface area contributed by atoms with E-state index in [1.165, 1.54) is 4.90 Å². The average Bonchev–Trinajstić information content (AvgIpc) is 3.28. The number of ether oxygens (including phenoxy) is 2. The van der Waals surface area contributed by atoms with E-state index in [2.05, 4.69) is 25.9 Å². The molecule has 0 bridgehead atoms. The molecule has 4 amide bonds. The first-order chi connectivity index (χ1) is 18.9. The lowest BCUT2D eigenvalue weighted by molar-refractivity contribution is -0.137. The van der Waals surface area contributed by atoms with Gasteiger partial charge in [0.1, 0.15) is 23.4 Å². The van der Waals surface area contributed by atoms with Crippen LogP contribution in [0.15, 0.2) is 48.7 Å². The lowest BCUT2D eigenvalue weighted by Crippen LogP contribution is -2.52. The largest absolute Gasteiger partial charge is 0.497 e. The summed E-state index contributed by atoms with van der Waals surface area (Å²) in [6, 6.07) is 11.2. The van der Waals surface area contributed by atoms with Gasteiger partial charge < -0.3 is 25.0 Å². The second kappa shape index (κ2) is 10.8. The number of methoxy groups -OCH3 is 2. The smallest absolute Gasteiger partial charge is 0.255 e. The Bertz CT molecular complexity index is 1470. The van der Waals surface area contributed by atoms with Crippen molar-refractivity contribution in [2.75, 3.05) is 31.4 Å². The summed E-state index contributed by atoms with van der Waals surface area (Å²) in [7, 11) is 3.11. The molecule has 2 aliphatic heterocycles. The van der Waals surface area contributed by atoms with Crippen LogP contribution in [0.1, 0.15) is 28.8 Å². The molecule has 1 aromatic heterocycles. The Morgan fingerprint density at radius 2 is 1.95 bits per heavy atom. The number of aromatic nitrogens is 2. The van der Waals surface area contributed by atoms with Gasteiger partial charge in [-0.3, -0.25) is 24.5 Å². The van der Waals surface area contributed by atoms with Crippen LogP contribution in [-0.2, 0) is 20.9 Å². The number of hydrogen-bond donors (Lipinski definition) is 3. The summed E-state index contributed by atoms with van der Waals surface area (Å²) in [5.41, 5.74) is 2.15. The molecule has 1 atom stereocenters. The number of nitrogens with one attached hydrogen (secondary N) is 3. The zero-order valence-electron chi connectivity index (χ0n) is 21.3. The van der Waals surface area contributed by atoms with Crippen LogP contribution in [0, 0.1) is 0 Å². The molecule has 12 nitrogen and oxygen atoms in total. The molecule has 3 aromatic rings. The highest BCUT2D eigenvalue weighted by Crippen LogP contribution is 2.33. The maximum Gasteiger partial charge on any atom is 0.255 e. The van der Waals surface area contributed by atoms with Gasteiger partial charge in [0.15, 0.2) is 5.82 Å². The molecule has 12 heteroatoms. The number of hydrogen-bond acceptors (Lipinski definition) is 9. The molecule has 1 unspecified atom stereocenters. The Balaban J connectivity index is 1.26. The minimum absolute atomic E-state index is 0.0971. The van der Waals surface area contributed by atoms with Crippen LogP contribution >= 0.6 is 0 Å². The summed E-state index contributed by atoms with van der Waals surface area (Å²) in [6.07, 6.45) is 2.00. The van der Waals surface area contributed by atoms with E-state index >= 15 is 0 Å². The Labute approximate surface area is 223 Å². The number of amides is 4. The van der Waals surface area contributed by atoms with Crippen LogP contribution in [0.2, 0.25) is 0 Å². The van der Waals surface area contributed by atoms with Crippen LogP contribution in [0.5, 0.6) is 11.5 Å². The minimum atomic E-state index is -0.733. The summed E-state index contributed by atoms with van der Waals surface area (Å²) in [4.78, 5) is 59.9. The maximum absolute atomic E-state index is 13.0. The zero-order chi connectivity index (χ0) is 27.5. The second-order valence-electron chi connectivity index (χ2n) is 8.97. The van der Waals surface area contributed by atoms with E-state index in [4.69, 9.17) is 9.47 Å². The molecule has 5 rings (SSSR count). The molecule has 1 fully saturated rings. The SMILES string of the molecule is COc1ccc(OC)c(-c2nccc(NCC(=O)Nc3cccc4c3CN(C3CCC(=O)NC3=O)C4=O)n2)c1. The number of rotatable bonds is 8. The van der Waals surface area contributed by atoms with E-state index in [0.29, 0.717) is 45.5 Å². The van der Waals surface area contributed by atoms with Gasteiger partial charge in [0.2, 0.25) is 17.7 Å². The van der Waals surface area contributed by atoms with Crippen molar-refractivity contribution in [1.82, 2.24) is 20.2 Å². The highest BCUT2D eigenvalue weighted by atomic mass is 16.5. The first-order valence-corrected chi connectivity index (χ1v) is 12.2. The van der Waals surface area contributed by atoms with Gasteiger partial charge in [-0.25, -0.2) is 9.97 Å². The van der Waals surface area contributed by atoms with Crippen LogP contribution < -0.4 is 25.4 Å². The number of fused-ring (bicyclic) bond motifs is 1. The van der Waals surface area contributed by atoms with Gasteiger partial charge in [-0.2, -0.15) is 0 Å². The topological polar surface area (TPSA) is 152 Å². The van der Waals surface area contributed by atoms with Crippen molar-refractivity contribution in [1.29, 1.82) is 0 Å². The molecule has 2 aliphatic rings. The van der Waals surface area contributed by atoms with E-state index in [0.717, 1.165) is 0 Å². The highest BCUT2D eigenvalue weighted by Gasteiger charge is 2.39. The van der Waals surface area contributed by atoms with E-state index < -0.39 is 11.9 Å². The van der Waals surface area contributed by atoms with Crippen molar-refractivity contribution in [2.24, 2.45) is 0 Å². The first kappa shape index (κ1) is 25.6. The number of carbonyl (C=O) groups is 4. The number of carbonyl (C=O) groups excluding carboxylic acids is 4. The predicted molar refractivity (Wildman–Crippen MR) is 140 cm³/mol. The van der Waals surface area contributed by atoms with Crippen molar-refractivity contribution in [3.63, 3.8) is 0 Å². The van der Waals surface area contributed by atoms with Crippen molar-refractivity contribution in [3.8, 4) is 22.9 Å². The number of nitrogens with zero attached hydrogens (tertiary/aromatic N) is 3. The van der Waals surface area contributed by atoms with Crippen molar-refractivity contribution >= 4 is 35.1 Å². The molecule has 2 aromatic carbocycles. The average molecular weight is 531 g/mol. The third-order valence-corrected chi connectivity index (χ3v) is 6.59. The molecular weight excluding hydrogens is 504 g/mol. The third kappa shape index (κ3) is 5.21. The minimum Gasteiger partial charge on any atom is -0.497 e. The molecule has 0 spiro atoms. The van der Waals surface area contributed by atoms with Gasteiger partial charge in [-0.1, -0.05) is 6.07 Å². The zero-order valence-corrected chi connectivity index (χ0v) is 21.3. The normalized spacial score (nSPS) is 16.4. The maximum atomic E-state index is 13.0. The standard InChI is InChI=1S/C27H26N6O6/c1-38-15-6-8-21(39-2)17(12-15)25-28-11-10-22(31-25)29-13-24(35)30-19-5-3-4-16-18(19)14-33(27(16)37)20-7-9-23(34)32-26(20)36/h3-6,8,10-12,20H,7,9,13-14H2,1-2H3,(H,30,35)(H,28,29,31)(H,32,34,36). The lowest BCUT2D eigenvalue weighted by atomic mass is 10.0. The predicted octanol–water partition coefficient (Wildman–Crippen LogP) is 1.97. The fraction of sp³-hybridized carbons (Fsp3) is 0.259. The number of anilines is 2. The van der Waals surface area contributed by atoms with Gasteiger partial charge in [-0.05, 0) is 42.8 Å². The molecular formula is C27H26N6O6. The van der Waals surface area contributed by atoms with Crippen LogP contribution in [0.3, 0.4) is 0 Å². The molecule has 0 radical (unpaired) electrons. The number of piperidine rings is 1. The van der Waals surface area contributed by atoms with Gasteiger partial charge >= 0.3 is 0 Å². The molecule has 1 saturated heterocycles. The van der Waals surface area contributed by atoms with Crippen LogP contribution in [-0.4, -0.2) is 65.3 Å². The molecule has 0 aliphatic carbocycles. The van der Waals surface area contributed by atoms with Gasteiger partial charge in [-0.15, -0.1) is 0 Å². The Morgan fingerprint density at radius 3 is 2.72 bits per heavy atom. The fourth-order valence-corrected chi connectivity index (χ4v) is 4.64. The van der Waals surface area contributed by atoms with E-state index in [-0.39, 0.29) is 43.7 Å².